The summed E-state index contributed by atoms with van der Waals surface area (Å²) in [5.41, 5.74) is 1.86. The smallest absolute Gasteiger partial charge is 0.290 e. The molecule has 32 heavy (non-hydrogen) atoms. The lowest BCUT2D eigenvalue weighted by molar-refractivity contribution is -0.130. The van der Waals surface area contributed by atoms with Crippen LogP contribution in [-0.4, -0.2) is 28.8 Å². The van der Waals surface area contributed by atoms with Crippen LogP contribution in [0.5, 0.6) is 5.75 Å². The molecular weight excluding hydrogens is 406 g/mol. The number of aryl methyl sites for hydroxylation is 2. The van der Waals surface area contributed by atoms with Crippen molar-refractivity contribution in [3.63, 3.8) is 0 Å². The molecule has 2 aromatic carbocycles. The van der Waals surface area contributed by atoms with Gasteiger partial charge in [0.1, 0.15) is 23.3 Å². The van der Waals surface area contributed by atoms with Crippen LogP contribution in [0.2, 0.25) is 0 Å². The number of rotatable bonds is 8. The molecule has 1 aliphatic rings. The van der Waals surface area contributed by atoms with Gasteiger partial charge in [0.25, 0.3) is 5.91 Å². The molecule has 0 bridgehead atoms. The fourth-order valence-corrected chi connectivity index (χ4v) is 4.05. The van der Waals surface area contributed by atoms with Gasteiger partial charge in [0.05, 0.1) is 19.2 Å². The number of aliphatic hydroxyl groups excluding tert-OH is 1. The molecule has 0 fully saturated rings. The molecule has 6 heteroatoms. The number of benzene rings is 2. The molecule has 3 aromatic rings. The van der Waals surface area contributed by atoms with Crippen LogP contribution in [0.15, 0.2) is 82.5 Å². The van der Waals surface area contributed by atoms with Gasteiger partial charge in [0.2, 0.25) is 0 Å². The van der Waals surface area contributed by atoms with Gasteiger partial charge in [0.15, 0.2) is 11.5 Å². The summed E-state index contributed by atoms with van der Waals surface area (Å²) in [6, 6.07) is 19.7. The molecule has 2 heterocycles. The molecule has 1 unspecified atom stereocenters. The van der Waals surface area contributed by atoms with Crippen molar-refractivity contribution in [2.24, 2.45) is 0 Å². The van der Waals surface area contributed by atoms with E-state index >= 15 is 0 Å². The summed E-state index contributed by atoms with van der Waals surface area (Å²) in [7, 11) is 1.56. The number of amides is 1. The fraction of sp³-hybridized carbons (Fsp3) is 0.231. The molecule has 0 saturated carbocycles. The first kappa shape index (κ1) is 21.4. The molecule has 164 valence electrons. The number of carbonyl (C=O) groups excluding carboxylic acids is 2. The zero-order valence-corrected chi connectivity index (χ0v) is 18.1. The zero-order valence-electron chi connectivity index (χ0n) is 18.1. The number of methoxy groups -OCH3 is 1. The van der Waals surface area contributed by atoms with Crippen molar-refractivity contribution in [1.29, 1.82) is 0 Å². The molecule has 4 rings (SSSR count). The molecule has 0 saturated heterocycles. The van der Waals surface area contributed by atoms with E-state index in [0.717, 1.165) is 11.1 Å². The van der Waals surface area contributed by atoms with E-state index in [1.807, 2.05) is 48.5 Å². The molecule has 6 nitrogen and oxygen atoms in total. The highest BCUT2D eigenvalue weighted by Gasteiger charge is 2.45. The zero-order chi connectivity index (χ0) is 22.7. The minimum absolute atomic E-state index is 0.0789. The number of para-hydroxylation sites is 1. The number of ether oxygens (including phenoxy) is 1. The Balaban J connectivity index is 1.66. The fourth-order valence-electron chi connectivity index (χ4n) is 4.05. The predicted molar refractivity (Wildman–Crippen MR) is 119 cm³/mol. The summed E-state index contributed by atoms with van der Waals surface area (Å²) < 4.78 is 11.2. The molecule has 0 aliphatic carbocycles. The largest absolute Gasteiger partial charge is 0.503 e. The van der Waals surface area contributed by atoms with E-state index in [2.05, 4.69) is 0 Å². The second kappa shape index (κ2) is 9.14. The monoisotopic (exact) mass is 431 g/mol. The van der Waals surface area contributed by atoms with Crippen molar-refractivity contribution in [1.82, 2.24) is 4.90 Å². The number of ketones is 1. The van der Waals surface area contributed by atoms with Crippen LogP contribution in [-0.2, 0) is 22.6 Å². The third kappa shape index (κ3) is 4.17. The van der Waals surface area contributed by atoms with Gasteiger partial charge in [-0.05, 0) is 37.1 Å². The van der Waals surface area contributed by atoms with Gasteiger partial charge in [0, 0.05) is 12.0 Å². The Bertz CT molecular complexity index is 1160. The first-order chi connectivity index (χ1) is 15.5. The lowest BCUT2D eigenvalue weighted by atomic mass is 9.96. The maximum absolute atomic E-state index is 13.2. The van der Waals surface area contributed by atoms with Crippen LogP contribution >= 0.6 is 0 Å². The quantitative estimate of drug-likeness (QED) is 0.560. The van der Waals surface area contributed by atoms with Gasteiger partial charge < -0.3 is 19.2 Å². The third-order valence-corrected chi connectivity index (χ3v) is 5.65. The maximum Gasteiger partial charge on any atom is 0.290 e. The number of furan rings is 1. The van der Waals surface area contributed by atoms with Gasteiger partial charge in [-0.2, -0.15) is 0 Å². The van der Waals surface area contributed by atoms with Gasteiger partial charge in [-0.25, -0.2) is 0 Å². The highest BCUT2D eigenvalue weighted by atomic mass is 16.5. The van der Waals surface area contributed by atoms with Crippen molar-refractivity contribution in [3.8, 4) is 5.75 Å². The highest BCUT2D eigenvalue weighted by molar-refractivity contribution is 6.08. The number of aliphatic hydroxyl groups is 1. The van der Waals surface area contributed by atoms with Gasteiger partial charge in [-0.1, -0.05) is 48.5 Å². The third-order valence-electron chi connectivity index (χ3n) is 5.65. The van der Waals surface area contributed by atoms with Crippen LogP contribution in [0.25, 0.3) is 0 Å². The van der Waals surface area contributed by atoms with E-state index in [1.165, 1.54) is 4.90 Å². The van der Waals surface area contributed by atoms with Crippen LogP contribution in [0.3, 0.4) is 0 Å². The van der Waals surface area contributed by atoms with Crippen LogP contribution in [0.4, 0.5) is 0 Å². The first-order valence-corrected chi connectivity index (χ1v) is 10.5. The van der Waals surface area contributed by atoms with Gasteiger partial charge in [-0.3, -0.25) is 9.59 Å². The summed E-state index contributed by atoms with van der Waals surface area (Å²) in [4.78, 5) is 27.8. The normalized spacial score (nSPS) is 16.0. The summed E-state index contributed by atoms with van der Waals surface area (Å²) in [6.45, 7) is 1.96. The lowest BCUT2D eigenvalue weighted by Gasteiger charge is -2.25. The molecule has 0 radical (unpaired) electrons. The molecular formula is C26H25NO5. The van der Waals surface area contributed by atoms with Crippen molar-refractivity contribution >= 4 is 11.7 Å². The molecule has 1 aliphatic heterocycles. The minimum Gasteiger partial charge on any atom is -0.503 e. The molecule has 1 amide bonds. The Morgan fingerprint density at radius 3 is 2.47 bits per heavy atom. The second-order valence-electron chi connectivity index (χ2n) is 7.77. The summed E-state index contributed by atoms with van der Waals surface area (Å²) in [5, 5.41) is 10.7. The number of hydrogen-bond acceptors (Lipinski definition) is 5. The second-order valence-corrected chi connectivity index (χ2v) is 7.77. The molecule has 1 aromatic heterocycles. The molecule has 1 N–H and O–H groups in total. The van der Waals surface area contributed by atoms with Crippen LogP contribution in [0.1, 0.15) is 35.1 Å². The Morgan fingerprint density at radius 2 is 1.78 bits per heavy atom. The van der Waals surface area contributed by atoms with Gasteiger partial charge in [-0.15, -0.1) is 0 Å². The van der Waals surface area contributed by atoms with Gasteiger partial charge >= 0.3 is 0 Å². The van der Waals surface area contributed by atoms with Crippen molar-refractivity contribution in [2.45, 2.75) is 32.4 Å². The first-order valence-electron chi connectivity index (χ1n) is 10.5. The van der Waals surface area contributed by atoms with Crippen molar-refractivity contribution in [2.75, 3.05) is 7.11 Å². The number of nitrogens with zero attached hydrogens (tertiary/aromatic N) is 1. The van der Waals surface area contributed by atoms with E-state index in [-0.39, 0.29) is 24.3 Å². The van der Waals surface area contributed by atoms with E-state index in [1.54, 1.807) is 32.2 Å². The summed E-state index contributed by atoms with van der Waals surface area (Å²) >= 11 is 0. The van der Waals surface area contributed by atoms with Crippen LogP contribution < -0.4 is 4.74 Å². The molecule has 1 atom stereocenters. The average molecular weight is 431 g/mol. The van der Waals surface area contributed by atoms with E-state index in [4.69, 9.17) is 9.15 Å². The Labute approximate surface area is 186 Å². The Kier molecular flexibility index (Phi) is 6.12. The highest BCUT2D eigenvalue weighted by Crippen LogP contribution is 2.40. The van der Waals surface area contributed by atoms with Crippen molar-refractivity contribution in [3.05, 3.63) is 101 Å². The number of hydrogen-bond donors (Lipinski definition) is 1. The molecule has 0 spiro atoms. The maximum atomic E-state index is 13.2. The Morgan fingerprint density at radius 1 is 1.06 bits per heavy atom. The van der Waals surface area contributed by atoms with Crippen LogP contribution in [0, 0.1) is 6.92 Å². The van der Waals surface area contributed by atoms with Crippen molar-refractivity contribution < 1.29 is 23.8 Å². The summed E-state index contributed by atoms with van der Waals surface area (Å²) in [5.74, 6) is 0.333. The van der Waals surface area contributed by atoms with E-state index in [9.17, 15) is 14.7 Å². The van der Waals surface area contributed by atoms with E-state index < -0.39 is 17.7 Å². The SMILES string of the molecule is COc1ccccc1CN1C(=O)C(O)=C(C(=O)CCc2ccccc2)C1c1ccc(C)o1. The number of carbonyl (C=O) groups is 2. The Hall–Kier alpha value is -3.80. The lowest BCUT2D eigenvalue weighted by Crippen LogP contribution is -2.30. The number of Topliss-reactive ketones (excluding diaryl/α,β-unsaturated/α-hetero) is 1. The average Bonchev–Trinajstić information content (AvgIpc) is 3.34. The standard InChI is InChI=1S/C26H25NO5/c1-17-12-15-22(32-17)24-23(20(28)14-13-18-8-4-3-5-9-18)25(29)26(30)27(24)16-19-10-6-7-11-21(19)31-2/h3-12,15,24,29H,13-14,16H2,1-2H3. The summed E-state index contributed by atoms with van der Waals surface area (Å²) in [6.07, 6.45) is 0.691. The van der Waals surface area contributed by atoms with E-state index in [0.29, 0.717) is 23.7 Å². The minimum atomic E-state index is -0.801. The predicted octanol–water partition coefficient (Wildman–Crippen LogP) is 4.69. The topological polar surface area (TPSA) is 80.0 Å².